The first kappa shape index (κ1) is 24.8. The van der Waals surface area contributed by atoms with E-state index in [0.717, 1.165) is 25.9 Å². The highest BCUT2D eigenvalue weighted by atomic mass is 19.1. The summed E-state index contributed by atoms with van der Waals surface area (Å²) < 4.78 is 14.9. The van der Waals surface area contributed by atoms with Gasteiger partial charge in [0.05, 0.1) is 0 Å². The third kappa shape index (κ3) is 6.16. The fourth-order valence-corrected chi connectivity index (χ4v) is 5.02. The Morgan fingerprint density at radius 1 is 1.06 bits per heavy atom. The average Bonchev–Trinajstić information content (AvgIpc) is 3.08. The Kier molecular flexibility index (Phi) is 8.83. The van der Waals surface area contributed by atoms with E-state index in [1.807, 2.05) is 14.0 Å². The molecular weight excluding hydrogens is 407 g/mol. The number of ketones is 1. The van der Waals surface area contributed by atoms with Gasteiger partial charge in [0.1, 0.15) is 17.7 Å². The van der Waals surface area contributed by atoms with Gasteiger partial charge < -0.3 is 14.9 Å². The number of halogens is 1. The summed E-state index contributed by atoms with van der Waals surface area (Å²) in [7, 11) is 2.01. The van der Waals surface area contributed by atoms with Crippen molar-refractivity contribution in [2.75, 3.05) is 33.2 Å². The van der Waals surface area contributed by atoms with Crippen molar-refractivity contribution in [1.29, 1.82) is 0 Å². The minimum atomic E-state index is -1.21. The molecule has 1 amide bonds. The van der Waals surface area contributed by atoms with Gasteiger partial charge in [-0.2, -0.15) is 0 Å². The molecule has 1 aliphatic heterocycles. The Morgan fingerprint density at radius 3 is 2.28 bits per heavy atom. The van der Waals surface area contributed by atoms with Crippen molar-refractivity contribution in [1.82, 2.24) is 9.80 Å². The second-order valence-corrected chi connectivity index (χ2v) is 9.90. The molecule has 3 rings (SSSR count). The van der Waals surface area contributed by atoms with Gasteiger partial charge in [0, 0.05) is 44.4 Å². The number of hydrogen-bond acceptors (Lipinski definition) is 4. The highest BCUT2D eigenvalue weighted by Crippen LogP contribution is 2.30. The van der Waals surface area contributed by atoms with Crippen molar-refractivity contribution >= 4 is 11.7 Å². The Bertz CT molecular complexity index is 783. The van der Waals surface area contributed by atoms with Crippen LogP contribution in [0.15, 0.2) is 18.2 Å². The maximum absolute atomic E-state index is 14.9. The van der Waals surface area contributed by atoms with E-state index in [2.05, 4.69) is 4.90 Å². The van der Waals surface area contributed by atoms with Crippen LogP contribution in [0.2, 0.25) is 0 Å². The van der Waals surface area contributed by atoms with E-state index in [4.69, 9.17) is 0 Å². The molecule has 178 valence electrons. The molecule has 1 aromatic rings. The van der Waals surface area contributed by atoms with Crippen LogP contribution in [-0.4, -0.2) is 65.9 Å². The van der Waals surface area contributed by atoms with E-state index in [1.165, 1.54) is 31.7 Å². The quantitative estimate of drug-likeness (QED) is 0.648. The largest absolute Gasteiger partial charge is 0.383 e. The first-order chi connectivity index (χ1) is 15.3. The van der Waals surface area contributed by atoms with Crippen molar-refractivity contribution in [2.45, 2.75) is 70.8 Å². The summed E-state index contributed by atoms with van der Waals surface area (Å²) in [6.45, 7) is 6.48. The lowest BCUT2D eigenvalue weighted by Gasteiger charge is -2.34. The molecule has 1 saturated heterocycles. The molecular formula is C26H39FN2O3. The SMILES string of the molecule is C[C@H](C(=O)Cc1ccc([C@H](C)[C@@H](O)C(=O)N2CCN(C)CC2)cc1F)C1CCCCCC1. The molecule has 1 aliphatic carbocycles. The van der Waals surface area contributed by atoms with Crippen LogP contribution >= 0.6 is 0 Å². The fourth-order valence-electron chi connectivity index (χ4n) is 5.02. The summed E-state index contributed by atoms with van der Waals surface area (Å²) in [6.07, 6.45) is 5.91. The monoisotopic (exact) mass is 446 g/mol. The van der Waals surface area contributed by atoms with Gasteiger partial charge in [-0.15, -0.1) is 0 Å². The lowest BCUT2D eigenvalue weighted by atomic mass is 9.82. The van der Waals surface area contributed by atoms with Gasteiger partial charge in [-0.05, 0) is 43.0 Å². The van der Waals surface area contributed by atoms with Crippen LogP contribution in [0.4, 0.5) is 4.39 Å². The molecule has 1 aromatic carbocycles. The van der Waals surface area contributed by atoms with E-state index in [9.17, 15) is 19.1 Å². The molecule has 2 aliphatic rings. The minimum Gasteiger partial charge on any atom is -0.383 e. The number of carbonyl (C=O) groups excluding carboxylic acids is 2. The van der Waals surface area contributed by atoms with E-state index in [1.54, 1.807) is 24.0 Å². The molecule has 1 saturated carbocycles. The maximum atomic E-state index is 14.9. The zero-order valence-corrected chi connectivity index (χ0v) is 19.9. The molecule has 0 radical (unpaired) electrons. The molecule has 0 spiro atoms. The number of aliphatic hydroxyl groups is 1. The van der Waals surface area contributed by atoms with E-state index in [-0.39, 0.29) is 24.0 Å². The minimum absolute atomic E-state index is 0.0471. The number of likely N-dealkylation sites (N-methyl/N-ethyl adjacent to an activating group) is 1. The molecule has 0 unspecified atom stereocenters. The van der Waals surface area contributed by atoms with Crippen molar-refractivity contribution < 1.29 is 19.1 Å². The van der Waals surface area contributed by atoms with E-state index < -0.39 is 17.8 Å². The molecule has 6 heteroatoms. The van der Waals surface area contributed by atoms with Crippen LogP contribution in [0.5, 0.6) is 0 Å². The fraction of sp³-hybridized carbons (Fsp3) is 0.692. The maximum Gasteiger partial charge on any atom is 0.252 e. The number of nitrogens with zero attached hydrogens (tertiary/aromatic N) is 2. The van der Waals surface area contributed by atoms with Crippen LogP contribution in [0.25, 0.3) is 0 Å². The van der Waals surface area contributed by atoms with E-state index in [0.29, 0.717) is 30.1 Å². The molecule has 3 atom stereocenters. The summed E-state index contributed by atoms with van der Waals surface area (Å²) >= 11 is 0. The van der Waals surface area contributed by atoms with Crippen molar-refractivity contribution in [3.8, 4) is 0 Å². The second kappa shape index (κ2) is 11.4. The predicted molar refractivity (Wildman–Crippen MR) is 124 cm³/mol. The zero-order valence-electron chi connectivity index (χ0n) is 19.9. The molecule has 0 bridgehead atoms. The van der Waals surface area contributed by atoms with Gasteiger partial charge in [0.25, 0.3) is 5.91 Å². The standard InChI is InChI=1S/C26H39FN2O3/c1-18(20-8-6-4-5-7-9-20)24(30)17-22-11-10-21(16-23(22)27)19(2)25(31)26(32)29-14-12-28(3)13-15-29/h10-11,16,18-20,25,31H,4-9,12-15,17H2,1-3H3/t18-,19-,25+/m0/s1. The zero-order chi connectivity index (χ0) is 23.3. The van der Waals surface area contributed by atoms with Gasteiger partial charge in [-0.3, -0.25) is 9.59 Å². The molecule has 32 heavy (non-hydrogen) atoms. The molecule has 1 heterocycles. The Morgan fingerprint density at radius 2 is 1.69 bits per heavy atom. The van der Waals surface area contributed by atoms with Gasteiger partial charge >= 0.3 is 0 Å². The van der Waals surface area contributed by atoms with Gasteiger partial charge in [0.2, 0.25) is 0 Å². The number of Topliss-reactive ketones (excluding diaryl/α,β-unsaturated/α-hetero) is 1. The summed E-state index contributed by atoms with van der Waals surface area (Å²) in [5, 5.41) is 10.6. The molecule has 0 aromatic heterocycles. The summed E-state index contributed by atoms with van der Waals surface area (Å²) in [6, 6.07) is 4.77. The van der Waals surface area contributed by atoms with Crippen molar-refractivity contribution in [3.63, 3.8) is 0 Å². The number of aliphatic hydroxyl groups excluding tert-OH is 1. The smallest absolute Gasteiger partial charge is 0.252 e. The molecule has 5 nitrogen and oxygen atoms in total. The average molecular weight is 447 g/mol. The number of rotatable bonds is 7. The Hall–Kier alpha value is -1.79. The first-order valence-corrected chi connectivity index (χ1v) is 12.2. The third-order valence-corrected chi connectivity index (χ3v) is 7.62. The van der Waals surface area contributed by atoms with Crippen molar-refractivity contribution in [3.05, 3.63) is 35.1 Å². The number of carbonyl (C=O) groups is 2. The van der Waals surface area contributed by atoms with Crippen molar-refractivity contribution in [2.24, 2.45) is 11.8 Å². The number of amides is 1. The lowest BCUT2D eigenvalue weighted by Crippen LogP contribution is -2.51. The summed E-state index contributed by atoms with van der Waals surface area (Å²) in [5.41, 5.74) is 0.969. The van der Waals surface area contributed by atoms with Crippen LogP contribution in [0.3, 0.4) is 0 Å². The van der Waals surface area contributed by atoms with Crippen LogP contribution in [-0.2, 0) is 16.0 Å². The van der Waals surface area contributed by atoms with Gasteiger partial charge in [-0.25, -0.2) is 4.39 Å². The summed E-state index contributed by atoms with van der Waals surface area (Å²) in [5.74, 6) is -0.803. The van der Waals surface area contributed by atoms with Gasteiger partial charge in [0.15, 0.2) is 0 Å². The number of piperazine rings is 1. The highest BCUT2D eigenvalue weighted by molar-refractivity contribution is 5.83. The predicted octanol–water partition coefficient (Wildman–Crippen LogP) is 3.78. The van der Waals surface area contributed by atoms with Crippen LogP contribution in [0, 0.1) is 17.7 Å². The first-order valence-electron chi connectivity index (χ1n) is 12.2. The second-order valence-electron chi connectivity index (χ2n) is 9.90. The lowest BCUT2D eigenvalue weighted by molar-refractivity contribution is -0.142. The highest BCUT2D eigenvalue weighted by Gasteiger charge is 2.30. The van der Waals surface area contributed by atoms with Gasteiger partial charge in [-0.1, -0.05) is 51.7 Å². The molecule has 2 fully saturated rings. The topological polar surface area (TPSA) is 60.9 Å². The Labute approximate surface area is 192 Å². The molecule has 1 N–H and O–H groups in total. The van der Waals surface area contributed by atoms with Crippen LogP contribution < -0.4 is 0 Å². The normalized spacial score (nSPS) is 21.6. The number of hydrogen-bond donors (Lipinski definition) is 1. The number of benzene rings is 1. The van der Waals surface area contributed by atoms with E-state index >= 15 is 0 Å². The third-order valence-electron chi connectivity index (χ3n) is 7.62. The Balaban J connectivity index is 1.61. The van der Waals surface area contributed by atoms with Crippen LogP contribution in [0.1, 0.15) is 69.4 Å². The summed E-state index contributed by atoms with van der Waals surface area (Å²) in [4.78, 5) is 29.3.